The van der Waals surface area contributed by atoms with Crippen molar-refractivity contribution in [1.29, 1.82) is 5.41 Å². The lowest BCUT2D eigenvalue weighted by Crippen LogP contribution is -2.35. The van der Waals surface area contributed by atoms with Gasteiger partial charge in [-0.05, 0) is 35.5 Å². The maximum Gasteiger partial charge on any atom is 0.283 e. The second-order valence-electron chi connectivity index (χ2n) is 5.17. The molecule has 22 heavy (non-hydrogen) atoms. The van der Waals surface area contributed by atoms with Crippen LogP contribution in [0, 0.1) is 11.3 Å². The van der Waals surface area contributed by atoms with E-state index in [1.54, 1.807) is 24.3 Å². The fourth-order valence-electron chi connectivity index (χ4n) is 2.00. The molecule has 0 atom stereocenters. The van der Waals surface area contributed by atoms with Crippen LogP contribution in [0.2, 0.25) is 5.02 Å². The van der Waals surface area contributed by atoms with Gasteiger partial charge in [0.15, 0.2) is 5.84 Å². The van der Waals surface area contributed by atoms with E-state index in [1.165, 1.54) is 16.8 Å². The summed E-state index contributed by atoms with van der Waals surface area (Å²) in [6.45, 7) is 4.03. The lowest BCUT2D eigenvalue weighted by Gasteiger charge is -2.20. The van der Waals surface area contributed by atoms with Gasteiger partial charge in [0.05, 0.1) is 5.57 Å². The second kappa shape index (κ2) is 5.70. The molecule has 0 saturated carbocycles. The molecule has 1 aromatic carbocycles. The summed E-state index contributed by atoms with van der Waals surface area (Å²) in [6, 6.07) is 7.10. The van der Waals surface area contributed by atoms with Crippen molar-refractivity contribution >= 4 is 51.4 Å². The maximum absolute atomic E-state index is 12.2. The molecule has 7 heteroatoms. The van der Waals surface area contributed by atoms with Gasteiger partial charge in [0.25, 0.3) is 5.91 Å². The van der Waals surface area contributed by atoms with Crippen LogP contribution in [0.5, 0.6) is 0 Å². The molecular formula is C15H13ClN4OS. The van der Waals surface area contributed by atoms with E-state index in [-0.39, 0.29) is 17.3 Å². The van der Waals surface area contributed by atoms with Crippen LogP contribution in [-0.4, -0.2) is 27.0 Å². The third-order valence-electron chi connectivity index (χ3n) is 3.12. The van der Waals surface area contributed by atoms with Crippen LogP contribution < -0.4 is 0 Å². The van der Waals surface area contributed by atoms with Crippen LogP contribution in [-0.2, 0) is 4.79 Å². The van der Waals surface area contributed by atoms with Crippen LogP contribution in [0.15, 0.2) is 39.9 Å². The zero-order chi connectivity index (χ0) is 15.9. The standard InChI is InChI=1S/C15H13ClN4OS/c1-8(2)14-19-20-12(17)11(13(21)18-15(20)22-14)7-9-4-3-5-10(16)6-9/h3-8,17H,1-2H3/b11-7-,17-12?. The maximum atomic E-state index is 12.2. The van der Waals surface area contributed by atoms with Gasteiger partial charge in [-0.3, -0.25) is 10.2 Å². The summed E-state index contributed by atoms with van der Waals surface area (Å²) in [5.41, 5.74) is 0.958. The molecule has 1 N–H and O–H groups in total. The molecule has 1 amide bonds. The van der Waals surface area contributed by atoms with E-state index < -0.39 is 5.91 Å². The molecule has 0 aromatic heterocycles. The molecule has 2 aliphatic rings. The highest BCUT2D eigenvalue weighted by Crippen LogP contribution is 2.30. The Morgan fingerprint density at radius 1 is 1.41 bits per heavy atom. The number of carbonyl (C=O) groups excluding carboxylic acids is 1. The average Bonchev–Trinajstić information content (AvgIpc) is 2.88. The van der Waals surface area contributed by atoms with E-state index in [4.69, 9.17) is 17.0 Å². The minimum Gasteiger partial charge on any atom is -0.282 e. The summed E-state index contributed by atoms with van der Waals surface area (Å²) in [6.07, 6.45) is 1.62. The SMILES string of the molecule is CC(C)C1=NN2C(=N)/C(=C/c3cccc(Cl)c3)C(=O)N=C2S1. The predicted molar refractivity (Wildman–Crippen MR) is 91.3 cm³/mol. The molecule has 0 fully saturated rings. The summed E-state index contributed by atoms with van der Waals surface area (Å²) in [5.74, 6) is -0.163. The number of amidine groups is 2. The van der Waals surface area contributed by atoms with Crippen molar-refractivity contribution in [3.63, 3.8) is 0 Å². The quantitative estimate of drug-likeness (QED) is 0.841. The van der Waals surface area contributed by atoms with Crippen molar-refractivity contribution in [3.8, 4) is 0 Å². The first-order valence-corrected chi connectivity index (χ1v) is 7.91. The number of nitrogens with zero attached hydrogens (tertiary/aromatic N) is 3. The van der Waals surface area contributed by atoms with Gasteiger partial charge in [-0.1, -0.05) is 37.6 Å². The summed E-state index contributed by atoms with van der Waals surface area (Å²) < 4.78 is 0. The molecule has 5 nitrogen and oxygen atoms in total. The Morgan fingerprint density at radius 3 is 2.86 bits per heavy atom. The van der Waals surface area contributed by atoms with Crippen molar-refractivity contribution in [1.82, 2.24) is 5.01 Å². The van der Waals surface area contributed by atoms with Gasteiger partial charge in [-0.2, -0.15) is 15.1 Å². The number of rotatable bonds is 2. The van der Waals surface area contributed by atoms with E-state index in [9.17, 15) is 4.79 Å². The molecule has 0 bridgehead atoms. The minimum absolute atomic E-state index is 0.0399. The molecule has 112 valence electrons. The smallest absolute Gasteiger partial charge is 0.282 e. The van der Waals surface area contributed by atoms with Gasteiger partial charge < -0.3 is 0 Å². The summed E-state index contributed by atoms with van der Waals surface area (Å²) in [4.78, 5) is 16.2. The Kier molecular flexibility index (Phi) is 3.88. The molecule has 0 spiro atoms. The molecule has 2 aliphatic heterocycles. The summed E-state index contributed by atoms with van der Waals surface area (Å²) >= 11 is 7.28. The molecule has 3 rings (SSSR count). The molecule has 1 aromatic rings. The lowest BCUT2D eigenvalue weighted by molar-refractivity contribution is -0.114. The van der Waals surface area contributed by atoms with Crippen molar-refractivity contribution in [2.45, 2.75) is 13.8 Å². The number of aliphatic imine (C=N–C) groups is 1. The summed E-state index contributed by atoms with van der Waals surface area (Å²) in [7, 11) is 0. The van der Waals surface area contributed by atoms with E-state index in [0.29, 0.717) is 10.2 Å². The predicted octanol–water partition coefficient (Wildman–Crippen LogP) is 3.62. The first-order valence-electron chi connectivity index (χ1n) is 6.71. The van der Waals surface area contributed by atoms with E-state index in [2.05, 4.69) is 10.1 Å². The topological polar surface area (TPSA) is 68.9 Å². The van der Waals surface area contributed by atoms with Crippen LogP contribution in [0.1, 0.15) is 19.4 Å². The number of nitrogens with one attached hydrogen (secondary N) is 1. The van der Waals surface area contributed by atoms with Gasteiger partial charge in [-0.15, -0.1) is 0 Å². The van der Waals surface area contributed by atoms with E-state index in [1.807, 2.05) is 19.9 Å². The van der Waals surface area contributed by atoms with Gasteiger partial charge in [0.1, 0.15) is 5.04 Å². The lowest BCUT2D eigenvalue weighted by atomic mass is 10.1. The highest BCUT2D eigenvalue weighted by atomic mass is 35.5. The van der Waals surface area contributed by atoms with Gasteiger partial charge in [-0.25, -0.2) is 0 Å². The highest BCUT2D eigenvalue weighted by molar-refractivity contribution is 8.27. The monoisotopic (exact) mass is 332 g/mol. The molecular weight excluding hydrogens is 320 g/mol. The number of hydrazone groups is 1. The Hall–Kier alpha value is -1.92. The van der Waals surface area contributed by atoms with Crippen LogP contribution in [0.4, 0.5) is 0 Å². The Labute approximate surface area is 137 Å². The number of amides is 1. The fourth-order valence-corrected chi connectivity index (χ4v) is 3.09. The average molecular weight is 333 g/mol. The highest BCUT2D eigenvalue weighted by Gasteiger charge is 2.36. The third kappa shape index (κ3) is 2.71. The Balaban J connectivity index is 1.99. The van der Waals surface area contributed by atoms with Gasteiger partial charge in [0.2, 0.25) is 5.17 Å². The molecule has 0 saturated heterocycles. The summed E-state index contributed by atoms with van der Waals surface area (Å²) in [5, 5.41) is 15.9. The molecule has 2 heterocycles. The Bertz CT molecular complexity index is 767. The number of halogens is 1. The molecule has 0 aliphatic carbocycles. The van der Waals surface area contributed by atoms with E-state index >= 15 is 0 Å². The number of hydrogen-bond donors (Lipinski definition) is 1. The number of thioether (sulfide) groups is 1. The van der Waals surface area contributed by atoms with Gasteiger partial charge in [0, 0.05) is 10.9 Å². The third-order valence-corrected chi connectivity index (χ3v) is 4.57. The van der Waals surface area contributed by atoms with Crippen LogP contribution >= 0.6 is 23.4 Å². The number of hydrogen-bond acceptors (Lipinski definition) is 4. The zero-order valence-electron chi connectivity index (χ0n) is 12.0. The van der Waals surface area contributed by atoms with Crippen molar-refractivity contribution < 1.29 is 4.79 Å². The first-order chi connectivity index (χ1) is 10.5. The van der Waals surface area contributed by atoms with Crippen molar-refractivity contribution in [2.75, 3.05) is 0 Å². The van der Waals surface area contributed by atoms with Crippen LogP contribution in [0.3, 0.4) is 0 Å². The first kappa shape index (κ1) is 15.0. The van der Waals surface area contributed by atoms with Crippen molar-refractivity contribution in [3.05, 3.63) is 40.4 Å². The number of fused-ring (bicyclic) bond motifs is 1. The second-order valence-corrected chi connectivity index (χ2v) is 6.59. The Morgan fingerprint density at radius 2 is 2.18 bits per heavy atom. The van der Waals surface area contributed by atoms with Crippen molar-refractivity contribution in [2.24, 2.45) is 16.0 Å². The van der Waals surface area contributed by atoms with Crippen LogP contribution in [0.25, 0.3) is 6.08 Å². The molecule has 0 radical (unpaired) electrons. The largest absolute Gasteiger partial charge is 0.283 e. The van der Waals surface area contributed by atoms with E-state index in [0.717, 1.165) is 10.6 Å². The van der Waals surface area contributed by atoms with Gasteiger partial charge >= 0.3 is 0 Å². The minimum atomic E-state index is -0.427. The number of carbonyl (C=O) groups is 1. The fraction of sp³-hybridized carbons (Fsp3) is 0.200. The number of benzene rings is 1. The molecule has 0 unspecified atom stereocenters. The zero-order valence-corrected chi connectivity index (χ0v) is 13.6. The normalized spacial score (nSPS) is 19.6.